The van der Waals surface area contributed by atoms with E-state index in [2.05, 4.69) is 15.2 Å². The molecule has 6 aliphatic rings. The number of fused-ring (bicyclic) bond motifs is 5. The van der Waals surface area contributed by atoms with Crippen molar-refractivity contribution < 1.29 is 26.7 Å². The van der Waals surface area contributed by atoms with Crippen LogP contribution in [0.25, 0.3) is 22.0 Å². The molecule has 16 heteroatoms. The molecule has 2 bridgehead atoms. The molecule has 3 N–H and O–H groups in total. The third-order valence-electron chi connectivity index (χ3n) is 10.4. The fourth-order valence-electron chi connectivity index (χ4n) is 8.24. The number of benzene rings is 1. The van der Waals surface area contributed by atoms with Gasteiger partial charge >= 0.3 is 6.01 Å². The summed E-state index contributed by atoms with van der Waals surface area (Å²) in [5.41, 5.74) is 6.77. The van der Waals surface area contributed by atoms with Crippen LogP contribution in [0.3, 0.4) is 0 Å². The SMILES string of the molecule is Nc1nc2c(C3=Cc4nc(OC[C@@]56CCCN5C[C@H](F)C6)nc(N5CC6CCC(C5)N6)c4S(=O)(=O)N3C3COC3)ccc(F)c2s1. The number of nitrogens with one attached hydrogen (secondary N) is 1. The number of hydrogen-bond donors (Lipinski definition) is 2. The van der Waals surface area contributed by atoms with Gasteiger partial charge in [-0.2, -0.15) is 9.97 Å². The molecule has 0 saturated carbocycles. The zero-order chi connectivity index (χ0) is 31.4. The number of rotatable bonds is 6. The Kier molecular flexibility index (Phi) is 6.56. The third kappa shape index (κ3) is 4.43. The van der Waals surface area contributed by atoms with Gasteiger partial charge in [0.05, 0.1) is 46.4 Å². The van der Waals surface area contributed by atoms with Crippen molar-refractivity contribution in [1.82, 2.24) is 29.5 Å². The first kappa shape index (κ1) is 29.0. The molecule has 0 spiro atoms. The Morgan fingerprint density at radius 3 is 2.72 bits per heavy atom. The molecule has 9 rings (SSSR count). The van der Waals surface area contributed by atoms with Crippen LogP contribution in [0, 0.1) is 5.82 Å². The number of thiazole rings is 1. The second-order valence-corrected chi connectivity index (χ2v) is 16.1. The van der Waals surface area contributed by atoms with E-state index in [-0.39, 0.29) is 63.9 Å². The smallest absolute Gasteiger partial charge is 0.319 e. The van der Waals surface area contributed by atoms with Gasteiger partial charge in [-0.05, 0) is 50.4 Å². The molecule has 2 aromatic heterocycles. The molecular weight excluding hydrogens is 639 g/mol. The van der Waals surface area contributed by atoms with Crippen molar-refractivity contribution in [2.24, 2.45) is 0 Å². The summed E-state index contributed by atoms with van der Waals surface area (Å²) in [6.45, 7) is 3.02. The normalized spacial score (nSPS) is 30.4. The second-order valence-electron chi connectivity index (χ2n) is 13.3. The minimum Gasteiger partial charge on any atom is -0.461 e. The lowest BCUT2D eigenvalue weighted by atomic mass is 9.95. The number of nitrogens with two attached hydrogens (primary N) is 1. The van der Waals surface area contributed by atoms with Gasteiger partial charge < -0.3 is 25.4 Å². The van der Waals surface area contributed by atoms with E-state index in [1.54, 1.807) is 6.08 Å². The van der Waals surface area contributed by atoms with Crippen molar-refractivity contribution in [3.05, 3.63) is 29.2 Å². The highest BCUT2D eigenvalue weighted by atomic mass is 32.2. The zero-order valence-electron chi connectivity index (χ0n) is 25.0. The van der Waals surface area contributed by atoms with E-state index < -0.39 is 33.6 Å². The number of sulfonamides is 1. The van der Waals surface area contributed by atoms with Crippen molar-refractivity contribution in [1.29, 1.82) is 0 Å². The number of nitrogens with zero attached hydrogens (tertiary/aromatic N) is 6. The van der Waals surface area contributed by atoms with Gasteiger partial charge in [0.2, 0.25) is 0 Å². The molecule has 0 aliphatic carbocycles. The number of halogens is 2. The van der Waals surface area contributed by atoms with Crippen molar-refractivity contribution >= 4 is 54.3 Å². The molecule has 46 heavy (non-hydrogen) atoms. The summed E-state index contributed by atoms with van der Waals surface area (Å²) in [7, 11) is -4.24. The summed E-state index contributed by atoms with van der Waals surface area (Å²) in [4.78, 5) is 18.1. The standard InChI is InChI=1S/C30H34F2N8O4S2/c31-16-9-30(6-1-7-39(30)10-16)15-44-29-35-22-8-23(20-4-5-21(32)25-24(20)36-28(33)45-25)40(19-13-43-14-19)46(41,42)26(22)27(37-29)38-11-17-2-3-18(12-38)34-17/h4-5,8,16-19,34H,1-3,6-7,9-15H2,(H2,33,36)/t16-,17?,18?,30+/m1/s1. The number of piperazine rings is 1. The quantitative estimate of drug-likeness (QED) is 0.400. The van der Waals surface area contributed by atoms with E-state index in [4.69, 9.17) is 25.2 Å². The summed E-state index contributed by atoms with van der Waals surface area (Å²) in [5.74, 6) is -0.181. The maximum atomic E-state index is 14.8. The summed E-state index contributed by atoms with van der Waals surface area (Å²) in [6, 6.07) is 2.84. The molecule has 1 aromatic carbocycles. The van der Waals surface area contributed by atoms with E-state index in [1.165, 1.54) is 16.4 Å². The van der Waals surface area contributed by atoms with Crippen LogP contribution in [-0.4, -0.2) is 108 Å². The Hall–Kier alpha value is -3.18. The summed E-state index contributed by atoms with van der Waals surface area (Å²) < 4.78 is 72.4. The van der Waals surface area contributed by atoms with Crippen LogP contribution in [0.5, 0.6) is 6.01 Å². The molecule has 12 nitrogen and oxygen atoms in total. The molecular formula is C30H34F2N8O4S2. The van der Waals surface area contributed by atoms with Crippen molar-refractivity contribution in [3.63, 3.8) is 0 Å². The van der Waals surface area contributed by atoms with E-state index in [0.717, 1.165) is 43.6 Å². The van der Waals surface area contributed by atoms with Crippen LogP contribution in [-0.2, 0) is 14.8 Å². The first-order valence-electron chi connectivity index (χ1n) is 15.8. The van der Waals surface area contributed by atoms with Gasteiger partial charge in [-0.1, -0.05) is 11.3 Å². The molecule has 0 radical (unpaired) electrons. The van der Waals surface area contributed by atoms with Crippen LogP contribution >= 0.6 is 11.3 Å². The highest BCUT2D eigenvalue weighted by Crippen LogP contribution is 2.46. The highest BCUT2D eigenvalue weighted by molar-refractivity contribution is 7.89. The van der Waals surface area contributed by atoms with Gasteiger partial charge in [0, 0.05) is 43.7 Å². The lowest BCUT2D eigenvalue weighted by Crippen LogP contribution is -2.53. The van der Waals surface area contributed by atoms with E-state index >= 15 is 0 Å². The zero-order valence-corrected chi connectivity index (χ0v) is 26.6. The van der Waals surface area contributed by atoms with E-state index in [0.29, 0.717) is 43.1 Å². The maximum Gasteiger partial charge on any atom is 0.319 e. The topological polar surface area (TPSA) is 139 Å². The van der Waals surface area contributed by atoms with Gasteiger partial charge in [0.25, 0.3) is 10.0 Å². The number of aromatic nitrogens is 3. The van der Waals surface area contributed by atoms with Crippen LogP contribution in [0.15, 0.2) is 17.0 Å². The van der Waals surface area contributed by atoms with Gasteiger partial charge in [0.1, 0.15) is 18.6 Å². The monoisotopic (exact) mass is 672 g/mol. The highest BCUT2D eigenvalue weighted by Gasteiger charge is 2.50. The van der Waals surface area contributed by atoms with Gasteiger partial charge in [-0.3, -0.25) is 9.21 Å². The number of ether oxygens (including phenoxy) is 2. The summed E-state index contributed by atoms with van der Waals surface area (Å²) in [6.07, 6.45) is 4.97. The Morgan fingerprint density at radius 1 is 1.15 bits per heavy atom. The van der Waals surface area contributed by atoms with Gasteiger partial charge in [-0.25, -0.2) is 22.2 Å². The van der Waals surface area contributed by atoms with Gasteiger partial charge in [-0.15, -0.1) is 0 Å². The second kappa shape index (κ2) is 10.4. The molecule has 5 saturated heterocycles. The van der Waals surface area contributed by atoms with E-state index in [9.17, 15) is 17.2 Å². The van der Waals surface area contributed by atoms with Crippen LogP contribution in [0.4, 0.5) is 19.7 Å². The Bertz CT molecular complexity index is 1880. The third-order valence-corrected chi connectivity index (χ3v) is 13.2. The predicted molar refractivity (Wildman–Crippen MR) is 168 cm³/mol. The Labute approximate surface area is 268 Å². The summed E-state index contributed by atoms with van der Waals surface area (Å²) >= 11 is 1.01. The maximum absolute atomic E-state index is 14.8. The molecule has 3 aromatic rings. The number of anilines is 2. The fraction of sp³-hybridized carbons (Fsp3) is 0.567. The average Bonchev–Trinajstić information content (AvgIpc) is 3.74. The van der Waals surface area contributed by atoms with Crippen LogP contribution in [0.2, 0.25) is 0 Å². The van der Waals surface area contributed by atoms with Crippen molar-refractivity contribution in [2.75, 3.05) is 56.6 Å². The summed E-state index contributed by atoms with van der Waals surface area (Å²) in [5, 5.41) is 3.78. The fourth-order valence-corrected chi connectivity index (χ4v) is 10.9. The van der Waals surface area contributed by atoms with E-state index in [1.807, 2.05) is 4.90 Å². The van der Waals surface area contributed by atoms with Crippen molar-refractivity contribution in [3.8, 4) is 6.01 Å². The predicted octanol–water partition coefficient (Wildman–Crippen LogP) is 2.60. The number of nitrogen functional groups attached to an aromatic ring is 1. The lowest BCUT2D eigenvalue weighted by molar-refractivity contribution is -0.0230. The first-order valence-corrected chi connectivity index (χ1v) is 18.1. The largest absolute Gasteiger partial charge is 0.461 e. The van der Waals surface area contributed by atoms with Crippen molar-refractivity contribution in [2.45, 2.75) is 66.8 Å². The van der Waals surface area contributed by atoms with Crippen LogP contribution in [0.1, 0.15) is 43.4 Å². The number of alkyl halides is 1. The Balaban J connectivity index is 1.21. The average molecular weight is 673 g/mol. The molecule has 2 unspecified atom stereocenters. The molecule has 6 aliphatic heterocycles. The number of hydrogen-bond acceptors (Lipinski definition) is 12. The molecule has 244 valence electrons. The molecule has 8 heterocycles. The van der Waals surface area contributed by atoms with Gasteiger partial charge in [0.15, 0.2) is 15.8 Å². The van der Waals surface area contributed by atoms with Crippen LogP contribution < -0.4 is 20.7 Å². The minimum atomic E-state index is -4.24. The molecule has 5 fully saturated rings. The Morgan fingerprint density at radius 2 is 1.96 bits per heavy atom. The molecule has 0 amide bonds. The first-order chi connectivity index (χ1) is 22.2. The minimum absolute atomic E-state index is 0.0123. The molecule has 4 atom stereocenters. The lowest BCUT2D eigenvalue weighted by Gasteiger charge is -2.42.